The summed E-state index contributed by atoms with van der Waals surface area (Å²) in [5.74, 6) is -2.58. The zero-order chi connectivity index (χ0) is 19.2. The third-order valence-corrected chi connectivity index (χ3v) is 4.65. The van der Waals surface area contributed by atoms with Gasteiger partial charge in [0.25, 0.3) is 0 Å². The van der Waals surface area contributed by atoms with E-state index < -0.39 is 28.5 Å². The molecule has 26 heavy (non-hydrogen) atoms. The highest BCUT2D eigenvalue weighted by Crippen LogP contribution is 2.44. The summed E-state index contributed by atoms with van der Waals surface area (Å²) in [6.07, 6.45) is 2.86. The SMILES string of the molecule is CN(C)CCOc1c(F)c(N)c2c(=O)c(C(=O)O)cn(C3CC3)c2c1Cl. The Morgan fingerprint density at radius 1 is 1.50 bits per heavy atom. The van der Waals surface area contributed by atoms with E-state index in [9.17, 15) is 19.1 Å². The first-order chi connectivity index (χ1) is 12.2. The number of nitrogen functional groups attached to an aromatic ring is 1. The number of carbonyl (C=O) groups is 1. The minimum atomic E-state index is -1.39. The van der Waals surface area contributed by atoms with Crippen LogP contribution in [0.4, 0.5) is 10.1 Å². The summed E-state index contributed by atoms with van der Waals surface area (Å²) in [4.78, 5) is 25.8. The molecule has 0 unspecified atom stereocenters. The average Bonchev–Trinajstić information content (AvgIpc) is 3.39. The van der Waals surface area contributed by atoms with Crippen LogP contribution in [0.2, 0.25) is 5.02 Å². The number of nitrogens with zero attached hydrogens (tertiary/aromatic N) is 2. The highest BCUT2D eigenvalue weighted by molar-refractivity contribution is 6.37. The van der Waals surface area contributed by atoms with Crippen LogP contribution in [-0.4, -0.2) is 47.8 Å². The van der Waals surface area contributed by atoms with Crippen molar-refractivity contribution in [2.24, 2.45) is 0 Å². The minimum Gasteiger partial charge on any atom is -0.487 e. The Bertz CT molecular complexity index is 954. The molecule has 1 aromatic carbocycles. The van der Waals surface area contributed by atoms with E-state index in [1.165, 1.54) is 6.20 Å². The fourth-order valence-corrected chi connectivity index (χ4v) is 3.12. The molecule has 1 aliphatic carbocycles. The van der Waals surface area contributed by atoms with E-state index in [0.717, 1.165) is 12.8 Å². The largest absolute Gasteiger partial charge is 0.487 e. The van der Waals surface area contributed by atoms with Gasteiger partial charge in [0, 0.05) is 18.8 Å². The fourth-order valence-electron chi connectivity index (χ4n) is 2.79. The van der Waals surface area contributed by atoms with E-state index in [4.69, 9.17) is 22.1 Å². The summed E-state index contributed by atoms with van der Waals surface area (Å²) in [6, 6.07) is -0.00631. The van der Waals surface area contributed by atoms with Gasteiger partial charge in [0.05, 0.1) is 16.6 Å². The molecule has 7 nitrogen and oxygen atoms in total. The molecule has 2 aromatic rings. The summed E-state index contributed by atoms with van der Waals surface area (Å²) in [5.41, 5.74) is 4.28. The number of ether oxygens (including phenoxy) is 1. The van der Waals surface area contributed by atoms with Crippen LogP contribution < -0.4 is 15.9 Å². The normalized spacial score (nSPS) is 14.2. The molecule has 0 amide bonds. The quantitative estimate of drug-likeness (QED) is 0.743. The lowest BCUT2D eigenvalue weighted by molar-refractivity contribution is 0.0695. The molecule has 0 bridgehead atoms. The van der Waals surface area contributed by atoms with Crippen LogP contribution in [0.5, 0.6) is 5.75 Å². The van der Waals surface area contributed by atoms with Crippen molar-refractivity contribution in [3.63, 3.8) is 0 Å². The zero-order valence-corrected chi connectivity index (χ0v) is 15.1. The van der Waals surface area contributed by atoms with Crippen LogP contribution in [0.25, 0.3) is 10.9 Å². The lowest BCUT2D eigenvalue weighted by Gasteiger charge is -2.19. The molecule has 3 rings (SSSR count). The van der Waals surface area contributed by atoms with Crippen LogP contribution in [-0.2, 0) is 0 Å². The van der Waals surface area contributed by atoms with Gasteiger partial charge >= 0.3 is 5.97 Å². The predicted octanol–water partition coefficient (Wildman–Crippen LogP) is 2.35. The highest BCUT2D eigenvalue weighted by atomic mass is 35.5. The third-order valence-electron chi connectivity index (χ3n) is 4.30. The van der Waals surface area contributed by atoms with Gasteiger partial charge in [0.2, 0.25) is 5.43 Å². The van der Waals surface area contributed by atoms with Gasteiger partial charge in [-0.3, -0.25) is 4.79 Å². The number of nitrogens with two attached hydrogens (primary N) is 1. The molecule has 3 N–H and O–H groups in total. The topological polar surface area (TPSA) is 97.8 Å². The Hall–Kier alpha value is -2.32. The Balaban J connectivity index is 2.28. The van der Waals surface area contributed by atoms with Gasteiger partial charge in [-0.15, -0.1) is 0 Å². The number of hydrogen-bond acceptors (Lipinski definition) is 5. The number of carboxylic acid groups (broad SMARTS) is 1. The van der Waals surface area contributed by atoms with E-state index in [2.05, 4.69) is 0 Å². The van der Waals surface area contributed by atoms with E-state index in [1.807, 2.05) is 19.0 Å². The first-order valence-electron chi connectivity index (χ1n) is 8.10. The number of rotatable bonds is 6. The summed E-state index contributed by atoms with van der Waals surface area (Å²) in [6.45, 7) is 0.705. The molecule has 1 heterocycles. The average molecular weight is 384 g/mol. The summed E-state index contributed by atoms with van der Waals surface area (Å²) >= 11 is 6.37. The standard InChI is InChI=1S/C17H19ClFN3O4/c1-21(2)5-6-26-16-11(18)14-10(13(20)12(16)19)15(23)9(17(24)25)7-22(14)8-3-4-8/h7-8H,3-6,20H2,1-2H3,(H,24,25). The number of aromatic nitrogens is 1. The maximum atomic E-state index is 14.7. The smallest absolute Gasteiger partial charge is 0.341 e. The lowest BCUT2D eigenvalue weighted by Crippen LogP contribution is -2.22. The third kappa shape index (κ3) is 3.10. The highest BCUT2D eigenvalue weighted by Gasteiger charge is 2.31. The van der Waals surface area contributed by atoms with Crippen molar-refractivity contribution in [2.75, 3.05) is 33.0 Å². The first kappa shape index (κ1) is 18.5. The lowest BCUT2D eigenvalue weighted by atomic mass is 10.1. The van der Waals surface area contributed by atoms with Crippen LogP contribution in [0.15, 0.2) is 11.0 Å². The number of hydrogen-bond donors (Lipinski definition) is 2. The molecule has 9 heteroatoms. The molecule has 140 valence electrons. The van der Waals surface area contributed by atoms with Crippen molar-refractivity contribution < 1.29 is 19.0 Å². The molecule has 1 fully saturated rings. The second-order valence-electron chi connectivity index (χ2n) is 6.56. The van der Waals surface area contributed by atoms with E-state index >= 15 is 0 Å². The van der Waals surface area contributed by atoms with Gasteiger partial charge in [0.15, 0.2) is 11.6 Å². The second-order valence-corrected chi connectivity index (χ2v) is 6.94. The van der Waals surface area contributed by atoms with Crippen molar-refractivity contribution in [1.29, 1.82) is 0 Å². The number of pyridine rings is 1. The summed E-state index contributed by atoms with van der Waals surface area (Å²) in [7, 11) is 3.68. The van der Waals surface area contributed by atoms with Crippen molar-refractivity contribution in [3.05, 3.63) is 32.8 Å². The van der Waals surface area contributed by atoms with Crippen LogP contribution in [0.1, 0.15) is 29.2 Å². The van der Waals surface area contributed by atoms with Gasteiger partial charge in [-0.05, 0) is 26.9 Å². The Morgan fingerprint density at radius 2 is 2.15 bits per heavy atom. The maximum Gasteiger partial charge on any atom is 0.341 e. The van der Waals surface area contributed by atoms with E-state index in [1.54, 1.807) is 4.57 Å². The second kappa shape index (κ2) is 6.77. The van der Waals surface area contributed by atoms with Crippen molar-refractivity contribution >= 4 is 34.2 Å². The Morgan fingerprint density at radius 3 is 2.69 bits per heavy atom. The number of aromatic carboxylic acids is 1. The minimum absolute atomic E-state index is 0.00631. The molecule has 0 saturated heterocycles. The molecule has 0 atom stereocenters. The Labute approximate surface area is 153 Å². The number of carboxylic acids is 1. The molecule has 0 spiro atoms. The van der Waals surface area contributed by atoms with Crippen molar-refractivity contribution in [2.45, 2.75) is 18.9 Å². The molecule has 1 aromatic heterocycles. The number of benzene rings is 1. The molecule has 0 aliphatic heterocycles. The summed E-state index contributed by atoms with van der Waals surface area (Å²) < 4.78 is 21.8. The maximum absolute atomic E-state index is 14.7. The van der Waals surface area contributed by atoms with Gasteiger partial charge in [0.1, 0.15) is 17.2 Å². The molecular formula is C17H19ClFN3O4. The monoisotopic (exact) mass is 383 g/mol. The van der Waals surface area contributed by atoms with Crippen LogP contribution in [0, 0.1) is 5.82 Å². The van der Waals surface area contributed by atoms with Gasteiger partial charge < -0.3 is 25.0 Å². The van der Waals surface area contributed by atoms with Crippen molar-refractivity contribution in [1.82, 2.24) is 9.47 Å². The summed E-state index contributed by atoms with van der Waals surface area (Å²) in [5, 5.41) is 8.99. The number of fused-ring (bicyclic) bond motifs is 1. The predicted molar refractivity (Wildman–Crippen MR) is 96.9 cm³/mol. The molecule has 0 radical (unpaired) electrons. The first-order valence-corrected chi connectivity index (χ1v) is 8.48. The molecular weight excluding hydrogens is 365 g/mol. The van der Waals surface area contributed by atoms with E-state index in [0.29, 0.717) is 6.54 Å². The van der Waals surface area contributed by atoms with E-state index in [-0.39, 0.29) is 34.3 Å². The fraction of sp³-hybridized carbons (Fsp3) is 0.412. The molecule has 1 aliphatic rings. The Kier molecular flexibility index (Phi) is 4.81. The van der Waals surface area contributed by atoms with Crippen LogP contribution in [0.3, 0.4) is 0 Å². The van der Waals surface area contributed by atoms with Gasteiger partial charge in [-0.2, -0.15) is 0 Å². The number of halogens is 2. The van der Waals surface area contributed by atoms with Gasteiger partial charge in [-0.1, -0.05) is 11.6 Å². The van der Waals surface area contributed by atoms with Gasteiger partial charge in [-0.25, -0.2) is 9.18 Å². The number of anilines is 1. The molecule has 1 saturated carbocycles. The number of likely N-dealkylation sites (N-methyl/N-ethyl adjacent to an activating group) is 1. The van der Waals surface area contributed by atoms with Crippen LogP contribution >= 0.6 is 11.6 Å². The van der Waals surface area contributed by atoms with Crippen molar-refractivity contribution in [3.8, 4) is 5.75 Å². The zero-order valence-electron chi connectivity index (χ0n) is 14.4.